The van der Waals surface area contributed by atoms with Gasteiger partial charge in [0.15, 0.2) is 17.1 Å². The van der Waals surface area contributed by atoms with Gasteiger partial charge in [0.2, 0.25) is 0 Å². The summed E-state index contributed by atoms with van der Waals surface area (Å²) in [5.41, 5.74) is 3.48. The fraction of sp³-hybridized carbons (Fsp3) is 0.250. The number of hydrogen-bond donors (Lipinski definition) is 1. The SMILES string of the molecule is COc1ccc(NC(=O)N2CCc3nc4ncccc4cc3C2)cc1OC. The number of pyridine rings is 2. The molecule has 2 aromatic heterocycles. The predicted molar refractivity (Wildman–Crippen MR) is 102 cm³/mol. The van der Waals surface area contributed by atoms with Crippen molar-refractivity contribution < 1.29 is 14.3 Å². The van der Waals surface area contributed by atoms with Crippen LogP contribution in [0.15, 0.2) is 42.6 Å². The van der Waals surface area contributed by atoms with Gasteiger partial charge in [-0.1, -0.05) is 0 Å². The Labute approximate surface area is 156 Å². The van der Waals surface area contributed by atoms with E-state index in [1.54, 1.807) is 43.5 Å². The summed E-state index contributed by atoms with van der Waals surface area (Å²) in [5, 5.41) is 3.91. The van der Waals surface area contributed by atoms with E-state index >= 15 is 0 Å². The van der Waals surface area contributed by atoms with Crippen molar-refractivity contribution in [3.05, 3.63) is 53.9 Å². The van der Waals surface area contributed by atoms with Crippen LogP contribution in [-0.2, 0) is 13.0 Å². The van der Waals surface area contributed by atoms with E-state index in [-0.39, 0.29) is 6.03 Å². The maximum absolute atomic E-state index is 12.7. The highest BCUT2D eigenvalue weighted by Crippen LogP contribution is 2.30. The topological polar surface area (TPSA) is 76.6 Å². The van der Waals surface area contributed by atoms with Crippen LogP contribution in [0.5, 0.6) is 11.5 Å². The van der Waals surface area contributed by atoms with Gasteiger partial charge >= 0.3 is 6.03 Å². The molecule has 0 fully saturated rings. The van der Waals surface area contributed by atoms with Gasteiger partial charge in [0, 0.05) is 48.5 Å². The zero-order chi connectivity index (χ0) is 18.8. The summed E-state index contributed by atoms with van der Waals surface area (Å²) in [6.45, 7) is 1.13. The zero-order valence-corrected chi connectivity index (χ0v) is 15.2. The number of methoxy groups -OCH3 is 2. The molecule has 138 valence electrons. The third-order valence-electron chi connectivity index (χ3n) is 4.66. The van der Waals surface area contributed by atoms with Crippen LogP contribution in [-0.4, -0.2) is 41.7 Å². The predicted octanol–water partition coefficient (Wildman–Crippen LogP) is 3.24. The van der Waals surface area contributed by atoms with E-state index in [1.807, 2.05) is 12.1 Å². The van der Waals surface area contributed by atoms with Gasteiger partial charge in [0.05, 0.1) is 14.2 Å². The Morgan fingerprint density at radius 2 is 2.00 bits per heavy atom. The van der Waals surface area contributed by atoms with Gasteiger partial charge < -0.3 is 19.7 Å². The van der Waals surface area contributed by atoms with Crippen molar-refractivity contribution in [3.63, 3.8) is 0 Å². The summed E-state index contributed by atoms with van der Waals surface area (Å²) in [5.74, 6) is 1.19. The molecule has 7 heteroatoms. The maximum atomic E-state index is 12.7. The number of ether oxygens (including phenoxy) is 2. The van der Waals surface area contributed by atoms with Crippen LogP contribution in [0.2, 0.25) is 0 Å². The minimum absolute atomic E-state index is 0.154. The molecule has 0 saturated heterocycles. The van der Waals surface area contributed by atoms with E-state index in [9.17, 15) is 4.79 Å². The number of fused-ring (bicyclic) bond motifs is 2. The minimum atomic E-state index is -0.154. The number of anilines is 1. The lowest BCUT2D eigenvalue weighted by Gasteiger charge is -2.28. The summed E-state index contributed by atoms with van der Waals surface area (Å²) in [6.07, 6.45) is 2.45. The minimum Gasteiger partial charge on any atom is -0.493 e. The molecule has 2 amide bonds. The molecule has 1 aliphatic rings. The fourth-order valence-corrected chi connectivity index (χ4v) is 3.25. The highest BCUT2D eigenvalue weighted by Gasteiger charge is 2.22. The lowest BCUT2D eigenvalue weighted by molar-refractivity contribution is 0.206. The number of aromatic nitrogens is 2. The molecule has 0 unspecified atom stereocenters. The van der Waals surface area contributed by atoms with Gasteiger partial charge in [-0.2, -0.15) is 0 Å². The van der Waals surface area contributed by atoms with Gasteiger partial charge in [0.1, 0.15) is 0 Å². The number of nitrogens with one attached hydrogen (secondary N) is 1. The molecule has 0 radical (unpaired) electrons. The Morgan fingerprint density at radius 1 is 1.15 bits per heavy atom. The number of carbonyl (C=O) groups is 1. The fourth-order valence-electron chi connectivity index (χ4n) is 3.25. The van der Waals surface area contributed by atoms with Crippen molar-refractivity contribution >= 4 is 22.8 Å². The van der Waals surface area contributed by atoms with Gasteiger partial charge in [0.25, 0.3) is 0 Å². The molecule has 0 bridgehead atoms. The molecule has 0 saturated carbocycles. The molecule has 7 nitrogen and oxygen atoms in total. The second-order valence-corrected chi connectivity index (χ2v) is 6.32. The Hall–Kier alpha value is -3.35. The molecule has 3 aromatic rings. The van der Waals surface area contributed by atoms with E-state index in [0.29, 0.717) is 36.7 Å². The van der Waals surface area contributed by atoms with E-state index in [0.717, 1.165) is 22.3 Å². The number of amides is 2. The largest absolute Gasteiger partial charge is 0.493 e. The van der Waals surface area contributed by atoms with Crippen LogP contribution in [0, 0.1) is 0 Å². The highest BCUT2D eigenvalue weighted by molar-refractivity contribution is 5.90. The smallest absolute Gasteiger partial charge is 0.322 e. The standard InChI is InChI=1S/C20H20N4O3/c1-26-17-6-5-15(11-18(17)27-2)22-20(25)24-9-7-16-14(12-24)10-13-4-3-8-21-19(13)23-16/h3-6,8,10-11H,7,9,12H2,1-2H3,(H,22,25). The van der Waals surface area contributed by atoms with E-state index in [1.165, 1.54) is 0 Å². The molecule has 0 atom stereocenters. The van der Waals surface area contributed by atoms with Crippen molar-refractivity contribution in [1.82, 2.24) is 14.9 Å². The Morgan fingerprint density at radius 3 is 2.81 bits per heavy atom. The molecule has 3 heterocycles. The van der Waals surface area contributed by atoms with Crippen molar-refractivity contribution in [2.24, 2.45) is 0 Å². The van der Waals surface area contributed by atoms with Crippen LogP contribution in [0.3, 0.4) is 0 Å². The van der Waals surface area contributed by atoms with E-state index in [4.69, 9.17) is 9.47 Å². The lowest BCUT2D eigenvalue weighted by atomic mass is 10.0. The Kier molecular flexibility index (Phi) is 4.50. The van der Waals surface area contributed by atoms with Gasteiger partial charge in [-0.3, -0.25) is 0 Å². The second kappa shape index (κ2) is 7.11. The first-order chi connectivity index (χ1) is 13.2. The molecule has 4 rings (SSSR count). The second-order valence-electron chi connectivity index (χ2n) is 6.32. The van der Waals surface area contributed by atoms with Crippen LogP contribution in [0.4, 0.5) is 10.5 Å². The molecule has 1 aromatic carbocycles. The van der Waals surface area contributed by atoms with Crippen molar-refractivity contribution in [1.29, 1.82) is 0 Å². The van der Waals surface area contributed by atoms with E-state index in [2.05, 4.69) is 21.4 Å². The number of nitrogens with zero attached hydrogens (tertiary/aromatic N) is 3. The summed E-state index contributed by atoms with van der Waals surface area (Å²) in [6, 6.07) is 11.1. The number of carbonyl (C=O) groups excluding carboxylic acids is 1. The average molecular weight is 364 g/mol. The van der Waals surface area contributed by atoms with Crippen molar-refractivity contribution in [3.8, 4) is 11.5 Å². The summed E-state index contributed by atoms with van der Waals surface area (Å²) < 4.78 is 10.5. The van der Waals surface area contributed by atoms with Crippen LogP contribution in [0.25, 0.3) is 11.0 Å². The molecule has 1 N–H and O–H groups in total. The molecular formula is C20H20N4O3. The van der Waals surface area contributed by atoms with E-state index < -0.39 is 0 Å². The Balaban J connectivity index is 1.51. The highest BCUT2D eigenvalue weighted by atomic mass is 16.5. The third-order valence-corrected chi connectivity index (χ3v) is 4.66. The first-order valence-corrected chi connectivity index (χ1v) is 8.69. The number of rotatable bonds is 3. The van der Waals surface area contributed by atoms with Gasteiger partial charge in [-0.05, 0) is 35.9 Å². The number of benzene rings is 1. The zero-order valence-electron chi connectivity index (χ0n) is 15.2. The summed E-state index contributed by atoms with van der Waals surface area (Å²) in [7, 11) is 3.14. The quantitative estimate of drug-likeness (QED) is 0.772. The summed E-state index contributed by atoms with van der Waals surface area (Å²) in [4.78, 5) is 23.4. The maximum Gasteiger partial charge on any atom is 0.322 e. The van der Waals surface area contributed by atoms with Crippen LogP contribution in [0.1, 0.15) is 11.3 Å². The normalized spacial score (nSPS) is 13.2. The molecule has 0 spiro atoms. The lowest BCUT2D eigenvalue weighted by Crippen LogP contribution is -2.39. The molecule has 1 aliphatic heterocycles. The summed E-state index contributed by atoms with van der Waals surface area (Å²) >= 11 is 0. The van der Waals surface area contributed by atoms with Gasteiger partial charge in [-0.15, -0.1) is 0 Å². The number of hydrogen-bond acceptors (Lipinski definition) is 5. The van der Waals surface area contributed by atoms with Crippen LogP contribution >= 0.6 is 0 Å². The molecular weight excluding hydrogens is 344 g/mol. The van der Waals surface area contributed by atoms with Gasteiger partial charge in [-0.25, -0.2) is 14.8 Å². The Bertz CT molecular complexity index is 1010. The first-order valence-electron chi connectivity index (χ1n) is 8.69. The molecule has 27 heavy (non-hydrogen) atoms. The first kappa shape index (κ1) is 17.1. The van der Waals surface area contributed by atoms with Crippen molar-refractivity contribution in [2.45, 2.75) is 13.0 Å². The third kappa shape index (κ3) is 3.36. The monoisotopic (exact) mass is 364 g/mol. The number of urea groups is 1. The van der Waals surface area contributed by atoms with Crippen LogP contribution < -0.4 is 14.8 Å². The average Bonchev–Trinajstić information content (AvgIpc) is 2.71. The molecule has 0 aliphatic carbocycles. The van der Waals surface area contributed by atoms with Crippen molar-refractivity contribution in [2.75, 3.05) is 26.1 Å².